The normalized spacial score (nSPS) is 20.9. The van der Waals surface area contributed by atoms with Crippen LogP contribution in [0, 0.1) is 6.92 Å². The summed E-state index contributed by atoms with van der Waals surface area (Å²) in [5, 5.41) is 2.98. The number of aryl methyl sites for hydroxylation is 1. The van der Waals surface area contributed by atoms with Gasteiger partial charge in [-0.2, -0.15) is 4.98 Å². The molecule has 1 atom stereocenters. The lowest BCUT2D eigenvalue weighted by molar-refractivity contribution is 0.0985. The van der Waals surface area contributed by atoms with Crippen molar-refractivity contribution in [1.29, 1.82) is 0 Å². The SMILES string of the molecule is CNc1nc(C)cc(N2CCOCC2C)n1. The van der Waals surface area contributed by atoms with Crippen molar-refractivity contribution in [3.63, 3.8) is 0 Å². The first-order valence-electron chi connectivity index (χ1n) is 5.58. The van der Waals surface area contributed by atoms with Crippen LogP contribution in [0.15, 0.2) is 6.07 Å². The van der Waals surface area contributed by atoms with E-state index < -0.39 is 0 Å². The molecule has 1 aromatic rings. The van der Waals surface area contributed by atoms with E-state index in [1.165, 1.54) is 0 Å². The fourth-order valence-electron chi connectivity index (χ4n) is 1.88. The summed E-state index contributed by atoms with van der Waals surface area (Å²) in [6, 6.07) is 2.38. The van der Waals surface area contributed by atoms with Gasteiger partial charge in [0.2, 0.25) is 5.95 Å². The maximum absolute atomic E-state index is 5.42. The number of anilines is 2. The lowest BCUT2D eigenvalue weighted by Crippen LogP contribution is -2.44. The van der Waals surface area contributed by atoms with Crippen LogP contribution in [-0.2, 0) is 4.74 Å². The van der Waals surface area contributed by atoms with Crippen LogP contribution in [-0.4, -0.2) is 42.8 Å². The molecular formula is C11H18N4O. The van der Waals surface area contributed by atoms with E-state index >= 15 is 0 Å². The molecule has 1 fully saturated rings. The smallest absolute Gasteiger partial charge is 0.224 e. The van der Waals surface area contributed by atoms with Crippen molar-refractivity contribution in [2.45, 2.75) is 19.9 Å². The van der Waals surface area contributed by atoms with Gasteiger partial charge in [-0.05, 0) is 13.8 Å². The molecule has 0 aromatic carbocycles. The van der Waals surface area contributed by atoms with Crippen molar-refractivity contribution in [3.05, 3.63) is 11.8 Å². The van der Waals surface area contributed by atoms with Crippen LogP contribution in [0.25, 0.3) is 0 Å². The molecule has 1 aliphatic rings. The first kappa shape index (κ1) is 11.1. The Balaban J connectivity index is 2.27. The van der Waals surface area contributed by atoms with Crippen LogP contribution in [0.2, 0.25) is 0 Å². The quantitative estimate of drug-likeness (QED) is 0.810. The summed E-state index contributed by atoms with van der Waals surface area (Å²) in [6.07, 6.45) is 0. The lowest BCUT2D eigenvalue weighted by atomic mass is 10.2. The van der Waals surface area contributed by atoms with Gasteiger partial charge in [0.15, 0.2) is 0 Å². The number of hydrogen-bond donors (Lipinski definition) is 1. The number of hydrogen-bond acceptors (Lipinski definition) is 5. The van der Waals surface area contributed by atoms with Crippen molar-refractivity contribution in [2.24, 2.45) is 0 Å². The van der Waals surface area contributed by atoms with Gasteiger partial charge in [0.1, 0.15) is 5.82 Å². The number of morpholine rings is 1. The van der Waals surface area contributed by atoms with Crippen LogP contribution in [0.3, 0.4) is 0 Å². The molecule has 0 saturated carbocycles. The van der Waals surface area contributed by atoms with Crippen molar-refractivity contribution < 1.29 is 4.74 Å². The molecule has 0 aliphatic carbocycles. The summed E-state index contributed by atoms with van der Waals surface area (Å²) < 4.78 is 5.42. The fourth-order valence-corrected chi connectivity index (χ4v) is 1.88. The Morgan fingerprint density at radius 3 is 3.00 bits per heavy atom. The minimum atomic E-state index is 0.368. The summed E-state index contributed by atoms with van der Waals surface area (Å²) >= 11 is 0. The number of rotatable bonds is 2. The van der Waals surface area contributed by atoms with Crippen LogP contribution < -0.4 is 10.2 Å². The third-order valence-corrected chi connectivity index (χ3v) is 2.73. The first-order chi connectivity index (χ1) is 7.70. The van der Waals surface area contributed by atoms with Crippen LogP contribution in [0.1, 0.15) is 12.6 Å². The molecule has 5 heteroatoms. The average Bonchev–Trinajstić information content (AvgIpc) is 2.28. The summed E-state index contributed by atoms with van der Waals surface area (Å²) in [4.78, 5) is 11.0. The highest BCUT2D eigenvalue weighted by molar-refractivity contribution is 5.45. The number of ether oxygens (including phenoxy) is 1. The molecule has 0 bridgehead atoms. The Bertz CT molecular complexity index is 369. The second-order valence-corrected chi connectivity index (χ2v) is 4.06. The predicted octanol–water partition coefficient (Wildman–Crippen LogP) is 1.05. The largest absolute Gasteiger partial charge is 0.377 e. The van der Waals surface area contributed by atoms with Gasteiger partial charge in [-0.3, -0.25) is 0 Å². The molecular weight excluding hydrogens is 204 g/mol. The minimum Gasteiger partial charge on any atom is -0.377 e. The van der Waals surface area contributed by atoms with Gasteiger partial charge in [-0.25, -0.2) is 4.98 Å². The van der Waals surface area contributed by atoms with Gasteiger partial charge in [0.25, 0.3) is 0 Å². The van der Waals surface area contributed by atoms with Gasteiger partial charge in [0, 0.05) is 25.4 Å². The molecule has 0 spiro atoms. The van der Waals surface area contributed by atoms with Crippen molar-refractivity contribution in [1.82, 2.24) is 9.97 Å². The molecule has 0 amide bonds. The summed E-state index contributed by atoms with van der Waals surface area (Å²) in [7, 11) is 1.83. The van der Waals surface area contributed by atoms with Crippen LogP contribution in [0.4, 0.5) is 11.8 Å². The number of nitrogens with zero attached hydrogens (tertiary/aromatic N) is 3. The highest BCUT2D eigenvalue weighted by atomic mass is 16.5. The topological polar surface area (TPSA) is 50.3 Å². The maximum atomic E-state index is 5.42. The monoisotopic (exact) mass is 222 g/mol. The fraction of sp³-hybridized carbons (Fsp3) is 0.636. The molecule has 1 N–H and O–H groups in total. The molecule has 2 heterocycles. The van der Waals surface area contributed by atoms with E-state index in [-0.39, 0.29) is 0 Å². The van der Waals surface area contributed by atoms with Crippen LogP contribution >= 0.6 is 0 Å². The van der Waals surface area contributed by atoms with Gasteiger partial charge in [-0.1, -0.05) is 0 Å². The summed E-state index contributed by atoms with van der Waals surface area (Å²) in [6.45, 7) is 6.55. The highest BCUT2D eigenvalue weighted by Crippen LogP contribution is 2.19. The second-order valence-electron chi connectivity index (χ2n) is 4.06. The first-order valence-corrected chi connectivity index (χ1v) is 5.58. The van der Waals surface area contributed by atoms with Gasteiger partial charge < -0.3 is 15.0 Å². The van der Waals surface area contributed by atoms with E-state index in [0.29, 0.717) is 12.0 Å². The van der Waals surface area contributed by atoms with Crippen molar-refractivity contribution in [2.75, 3.05) is 37.0 Å². The van der Waals surface area contributed by atoms with E-state index in [0.717, 1.165) is 31.3 Å². The van der Waals surface area contributed by atoms with E-state index in [2.05, 4.69) is 27.1 Å². The minimum absolute atomic E-state index is 0.368. The van der Waals surface area contributed by atoms with Crippen molar-refractivity contribution >= 4 is 11.8 Å². The zero-order chi connectivity index (χ0) is 11.5. The summed E-state index contributed by atoms with van der Waals surface area (Å²) in [5.74, 6) is 1.65. The Morgan fingerprint density at radius 1 is 1.50 bits per heavy atom. The number of aromatic nitrogens is 2. The zero-order valence-electron chi connectivity index (χ0n) is 10.0. The highest BCUT2D eigenvalue weighted by Gasteiger charge is 2.20. The molecule has 1 aliphatic heterocycles. The van der Waals surface area contributed by atoms with E-state index in [1.807, 2.05) is 20.0 Å². The molecule has 88 valence electrons. The zero-order valence-corrected chi connectivity index (χ0v) is 10.0. The molecule has 0 radical (unpaired) electrons. The molecule has 1 unspecified atom stereocenters. The molecule has 16 heavy (non-hydrogen) atoms. The predicted molar refractivity (Wildman–Crippen MR) is 63.9 cm³/mol. The Morgan fingerprint density at radius 2 is 2.31 bits per heavy atom. The standard InChI is InChI=1S/C11H18N4O/c1-8-6-10(14-11(12-3)13-8)15-4-5-16-7-9(15)2/h6,9H,4-5,7H2,1-3H3,(H,12,13,14). The molecule has 1 aromatic heterocycles. The third kappa shape index (κ3) is 2.24. The van der Waals surface area contributed by atoms with E-state index in [4.69, 9.17) is 4.74 Å². The van der Waals surface area contributed by atoms with Gasteiger partial charge in [-0.15, -0.1) is 0 Å². The number of nitrogens with one attached hydrogen (secondary N) is 1. The average molecular weight is 222 g/mol. The maximum Gasteiger partial charge on any atom is 0.224 e. The van der Waals surface area contributed by atoms with Crippen LogP contribution in [0.5, 0.6) is 0 Å². The summed E-state index contributed by atoms with van der Waals surface area (Å²) in [5.41, 5.74) is 0.980. The molecule has 2 rings (SSSR count). The Labute approximate surface area is 95.8 Å². The third-order valence-electron chi connectivity index (χ3n) is 2.73. The Hall–Kier alpha value is -1.36. The van der Waals surface area contributed by atoms with E-state index in [9.17, 15) is 0 Å². The lowest BCUT2D eigenvalue weighted by Gasteiger charge is -2.34. The van der Waals surface area contributed by atoms with Crippen molar-refractivity contribution in [3.8, 4) is 0 Å². The molecule has 5 nitrogen and oxygen atoms in total. The Kier molecular flexibility index (Phi) is 3.24. The van der Waals surface area contributed by atoms with Gasteiger partial charge >= 0.3 is 0 Å². The second kappa shape index (κ2) is 4.65. The molecule has 1 saturated heterocycles. The van der Waals surface area contributed by atoms with E-state index in [1.54, 1.807) is 0 Å². The van der Waals surface area contributed by atoms with Gasteiger partial charge in [0.05, 0.1) is 19.3 Å².